The maximum Gasteiger partial charge on any atom is 0.294 e. The van der Waals surface area contributed by atoms with E-state index in [0.29, 0.717) is 5.69 Å². The van der Waals surface area contributed by atoms with Crippen LogP contribution in [0.1, 0.15) is 0 Å². The highest BCUT2D eigenvalue weighted by Gasteiger charge is 2.18. The summed E-state index contributed by atoms with van der Waals surface area (Å²) in [4.78, 5) is 10.2. The summed E-state index contributed by atoms with van der Waals surface area (Å²) in [6.45, 7) is 0. The number of rotatable bonds is 3. The molecule has 0 bridgehead atoms. The summed E-state index contributed by atoms with van der Waals surface area (Å²) in [6.07, 6.45) is 3.08. The zero-order valence-electron chi connectivity index (χ0n) is 9.22. The van der Waals surface area contributed by atoms with Gasteiger partial charge < -0.3 is 5.32 Å². The third-order valence-electron chi connectivity index (χ3n) is 2.22. The number of nitrogens with one attached hydrogen (secondary N) is 1. The molecular formula is C10H8ClFN4O2. The van der Waals surface area contributed by atoms with Crippen molar-refractivity contribution in [2.45, 2.75) is 0 Å². The number of halogens is 2. The number of nitro benzene ring substituents is 1. The van der Waals surface area contributed by atoms with Crippen molar-refractivity contribution in [1.29, 1.82) is 0 Å². The Balaban J connectivity index is 2.42. The molecule has 2 rings (SSSR count). The lowest BCUT2D eigenvalue weighted by atomic mass is 10.2. The van der Waals surface area contributed by atoms with Crippen LogP contribution in [0.15, 0.2) is 24.5 Å². The number of hydrogen-bond acceptors (Lipinski definition) is 4. The maximum atomic E-state index is 13.3. The molecule has 0 aliphatic rings. The SMILES string of the molecule is Cn1cc(Nc2cc(F)c(Cl)cc2[N+](=O)[O-])cn1. The molecule has 8 heteroatoms. The normalized spacial score (nSPS) is 10.4. The van der Waals surface area contributed by atoms with Crippen LogP contribution in [0.5, 0.6) is 0 Å². The molecule has 0 saturated carbocycles. The fourth-order valence-corrected chi connectivity index (χ4v) is 1.59. The van der Waals surface area contributed by atoms with Crippen molar-refractivity contribution < 1.29 is 9.31 Å². The monoisotopic (exact) mass is 270 g/mol. The molecule has 0 spiro atoms. The van der Waals surface area contributed by atoms with Crippen molar-refractivity contribution in [2.24, 2.45) is 7.05 Å². The van der Waals surface area contributed by atoms with E-state index in [2.05, 4.69) is 10.4 Å². The van der Waals surface area contributed by atoms with E-state index in [1.165, 1.54) is 10.9 Å². The third kappa shape index (κ3) is 2.40. The van der Waals surface area contributed by atoms with Gasteiger partial charge in [-0.3, -0.25) is 14.8 Å². The van der Waals surface area contributed by atoms with E-state index >= 15 is 0 Å². The first-order valence-electron chi connectivity index (χ1n) is 4.86. The van der Waals surface area contributed by atoms with Crippen molar-refractivity contribution >= 4 is 28.7 Å². The molecule has 1 N–H and O–H groups in total. The summed E-state index contributed by atoms with van der Waals surface area (Å²) < 4.78 is 14.8. The molecule has 6 nitrogen and oxygen atoms in total. The van der Waals surface area contributed by atoms with E-state index in [-0.39, 0.29) is 16.4 Å². The second kappa shape index (κ2) is 4.61. The highest BCUT2D eigenvalue weighted by Crippen LogP contribution is 2.32. The second-order valence-corrected chi connectivity index (χ2v) is 3.98. The number of aromatic nitrogens is 2. The van der Waals surface area contributed by atoms with Crippen LogP contribution in [0.4, 0.5) is 21.5 Å². The molecule has 0 aliphatic carbocycles. The Labute approximate surface area is 106 Å². The summed E-state index contributed by atoms with van der Waals surface area (Å²) in [6, 6.07) is 1.95. The molecule has 0 aliphatic heterocycles. The molecule has 0 atom stereocenters. The average molecular weight is 271 g/mol. The summed E-state index contributed by atoms with van der Waals surface area (Å²) in [5, 5.41) is 17.2. The summed E-state index contributed by atoms with van der Waals surface area (Å²) >= 11 is 5.51. The van der Waals surface area contributed by atoms with E-state index in [1.807, 2.05) is 0 Å². The van der Waals surface area contributed by atoms with Crippen LogP contribution >= 0.6 is 11.6 Å². The molecule has 1 heterocycles. The number of benzene rings is 1. The van der Waals surface area contributed by atoms with E-state index in [4.69, 9.17) is 11.6 Å². The number of anilines is 2. The largest absolute Gasteiger partial charge is 0.347 e. The molecule has 1 aromatic carbocycles. The van der Waals surface area contributed by atoms with Crippen LogP contribution in [0.25, 0.3) is 0 Å². The zero-order valence-corrected chi connectivity index (χ0v) is 9.98. The van der Waals surface area contributed by atoms with Crippen LogP contribution < -0.4 is 5.32 Å². The van der Waals surface area contributed by atoms with E-state index in [0.717, 1.165) is 12.1 Å². The number of nitro groups is 1. The van der Waals surface area contributed by atoms with Crippen molar-refractivity contribution in [3.8, 4) is 0 Å². The standard InChI is InChI=1S/C10H8ClFN4O2/c1-15-5-6(4-13-15)14-9-3-8(12)7(11)2-10(9)16(17)18/h2-5,14H,1H3. The molecule has 2 aromatic rings. The zero-order chi connectivity index (χ0) is 13.3. The minimum atomic E-state index is -0.728. The van der Waals surface area contributed by atoms with Gasteiger partial charge in [-0.1, -0.05) is 11.6 Å². The Morgan fingerprint density at radius 2 is 2.28 bits per heavy atom. The molecule has 94 valence electrons. The van der Waals surface area contributed by atoms with Gasteiger partial charge in [0, 0.05) is 25.4 Å². The Bertz CT molecular complexity index is 614. The van der Waals surface area contributed by atoms with Crippen LogP contribution in [-0.4, -0.2) is 14.7 Å². The smallest absolute Gasteiger partial charge is 0.294 e. The van der Waals surface area contributed by atoms with Crippen LogP contribution in [0.3, 0.4) is 0 Å². The van der Waals surface area contributed by atoms with E-state index in [9.17, 15) is 14.5 Å². The fraction of sp³-hybridized carbons (Fsp3) is 0.100. The molecule has 1 aromatic heterocycles. The predicted octanol–water partition coefficient (Wildman–Crippen LogP) is 2.86. The van der Waals surface area contributed by atoms with Gasteiger partial charge in [0.1, 0.15) is 11.5 Å². The number of hydrogen-bond donors (Lipinski definition) is 1. The minimum absolute atomic E-state index is 0.0231. The first-order chi connectivity index (χ1) is 8.47. The first kappa shape index (κ1) is 12.3. The summed E-state index contributed by atoms with van der Waals surface area (Å²) in [5.41, 5.74) is 0.238. The minimum Gasteiger partial charge on any atom is -0.347 e. The summed E-state index contributed by atoms with van der Waals surface area (Å²) in [5.74, 6) is -0.728. The van der Waals surface area contributed by atoms with Crippen LogP contribution in [-0.2, 0) is 7.05 Å². The van der Waals surface area contributed by atoms with Gasteiger partial charge in [0.25, 0.3) is 5.69 Å². The lowest BCUT2D eigenvalue weighted by Crippen LogP contribution is -1.98. The lowest BCUT2D eigenvalue weighted by Gasteiger charge is -2.05. The van der Waals surface area contributed by atoms with Gasteiger partial charge in [-0.15, -0.1) is 0 Å². The lowest BCUT2D eigenvalue weighted by molar-refractivity contribution is -0.383. The highest BCUT2D eigenvalue weighted by molar-refractivity contribution is 6.31. The predicted molar refractivity (Wildman–Crippen MR) is 64.6 cm³/mol. The quantitative estimate of drug-likeness (QED) is 0.687. The van der Waals surface area contributed by atoms with Gasteiger partial charge in [-0.05, 0) is 0 Å². The van der Waals surface area contributed by atoms with Crippen molar-refractivity contribution in [3.63, 3.8) is 0 Å². The molecule has 0 fully saturated rings. The van der Waals surface area contributed by atoms with Gasteiger partial charge in [-0.2, -0.15) is 5.10 Å². The molecular weight excluding hydrogens is 263 g/mol. The Hall–Kier alpha value is -2.15. The second-order valence-electron chi connectivity index (χ2n) is 3.57. The Kier molecular flexibility index (Phi) is 3.15. The third-order valence-corrected chi connectivity index (χ3v) is 2.51. The molecule has 0 radical (unpaired) electrons. The summed E-state index contributed by atoms with van der Waals surface area (Å²) in [7, 11) is 1.70. The van der Waals surface area contributed by atoms with Gasteiger partial charge in [0.05, 0.1) is 21.8 Å². The Morgan fingerprint density at radius 1 is 1.56 bits per heavy atom. The van der Waals surface area contributed by atoms with E-state index < -0.39 is 10.7 Å². The molecule has 18 heavy (non-hydrogen) atoms. The molecule has 0 unspecified atom stereocenters. The first-order valence-corrected chi connectivity index (χ1v) is 5.24. The van der Waals surface area contributed by atoms with Crippen LogP contribution in [0, 0.1) is 15.9 Å². The Morgan fingerprint density at radius 3 is 2.83 bits per heavy atom. The van der Waals surface area contributed by atoms with Crippen molar-refractivity contribution in [1.82, 2.24) is 9.78 Å². The van der Waals surface area contributed by atoms with Gasteiger partial charge >= 0.3 is 0 Å². The molecule has 0 amide bonds. The van der Waals surface area contributed by atoms with Gasteiger partial charge in [0.2, 0.25) is 0 Å². The van der Waals surface area contributed by atoms with E-state index in [1.54, 1.807) is 13.2 Å². The van der Waals surface area contributed by atoms with Gasteiger partial charge in [0.15, 0.2) is 0 Å². The average Bonchev–Trinajstić information content (AvgIpc) is 2.68. The molecule has 0 saturated heterocycles. The topological polar surface area (TPSA) is 73.0 Å². The number of aryl methyl sites for hydroxylation is 1. The van der Waals surface area contributed by atoms with Gasteiger partial charge in [-0.25, -0.2) is 4.39 Å². The highest BCUT2D eigenvalue weighted by atomic mass is 35.5. The van der Waals surface area contributed by atoms with Crippen molar-refractivity contribution in [2.75, 3.05) is 5.32 Å². The fourth-order valence-electron chi connectivity index (χ4n) is 1.43. The maximum absolute atomic E-state index is 13.3. The van der Waals surface area contributed by atoms with Crippen molar-refractivity contribution in [3.05, 3.63) is 45.5 Å². The number of nitrogens with zero attached hydrogens (tertiary/aromatic N) is 3. The van der Waals surface area contributed by atoms with Crippen LogP contribution in [0.2, 0.25) is 5.02 Å².